The van der Waals surface area contributed by atoms with E-state index in [1.807, 2.05) is 29.2 Å². The molecule has 29 heavy (non-hydrogen) atoms. The molecule has 1 aromatic carbocycles. The first-order chi connectivity index (χ1) is 14.1. The largest absolute Gasteiger partial charge is 0.459 e. The van der Waals surface area contributed by atoms with Crippen LogP contribution in [0.5, 0.6) is 0 Å². The second-order valence-electron chi connectivity index (χ2n) is 8.00. The van der Waals surface area contributed by atoms with Crippen LogP contribution in [0.25, 0.3) is 11.0 Å². The van der Waals surface area contributed by atoms with Crippen LogP contribution in [0.3, 0.4) is 0 Å². The number of para-hydroxylation sites is 2. The van der Waals surface area contributed by atoms with Crippen molar-refractivity contribution in [2.75, 3.05) is 18.4 Å². The van der Waals surface area contributed by atoms with Crippen LogP contribution in [0.2, 0.25) is 0 Å². The summed E-state index contributed by atoms with van der Waals surface area (Å²) in [7, 11) is 0. The number of aromatic nitrogens is 2. The van der Waals surface area contributed by atoms with E-state index >= 15 is 0 Å². The lowest BCUT2D eigenvalue weighted by Crippen LogP contribution is -2.42. The molecule has 1 spiro atoms. The van der Waals surface area contributed by atoms with Gasteiger partial charge in [-0.2, -0.15) is 0 Å². The molecule has 3 heterocycles. The number of carbonyl (C=O) groups is 2. The summed E-state index contributed by atoms with van der Waals surface area (Å²) in [6, 6.07) is 11.4. The predicted molar refractivity (Wildman–Crippen MR) is 108 cm³/mol. The summed E-state index contributed by atoms with van der Waals surface area (Å²) in [5.74, 6) is 0.474. The molecule has 2 fully saturated rings. The van der Waals surface area contributed by atoms with Gasteiger partial charge in [-0.15, -0.1) is 0 Å². The van der Waals surface area contributed by atoms with Crippen LogP contribution in [0.1, 0.15) is 35.9 Å². The topological polar surface area (TPSA) is 80.4 Å². The minimum Gasteiger partial charge on any atom is -0.459 e. The zero-order valence-corrected chi connectivity index (χ0v) is 16.0. The monoisotopic (exact) mass is 390 g/mol. The van der Waals surface area contributed by atoms with E-state index in [9.17, 15) is 9.59 Å². The van der Waals surface area contributed by atoms with Crippen LogP contribution in [0.4, 0.5) is 5.95 Å². The van der Waals surface area contributed by atoms with E-state index in [4.69, 9.17) is 4.42 Å². The standard InChI is InChI=1S/C22H22N4O3/c1-2-19(27)25-10-9-22(14-25)12-15(13-22)26-17-7-4-3-6-16(17)23-21(26)24-20(28)18-8-5-11-29-18/h2-8,11,15H,1,9-10,12-14H2,(H,23,24,28). The Labute approximate surface area is 168 Å². The molecule has 0 radical (unpaired) electrons. The minimum absolute atomic E-state index is 0.00445. The third-order valence-corrected chi connectivity index (χ3v) is 6.19. The van der Waals surface area contributed by atoms with Crippen molar-refractivity contribution in [3.05, 3.63) is 61.1 Å². The number of rotatable bonds is 4. The molecule has 2 amide bonds. The minimum atomic E-state index is -0.316. The van der Waals surface area contributed by atoms with E-state index in [1.165, 1.54) is 12.3 Å². The average Bonchev–Trinajstić information content (AvgIpc) is 3.43. The summed E-state index contributed by atoms with van der Waals surface area (Å²) in [5.41, 5.74) is 1.99. The summed E-state index contributed by atoms with van der Waals surface area (Å²) in [4.78, 5) is 31.0. The number of furan rings is 1. The quantitative estimate of drug-likeness (QED) is 0.690. The summed E-state index contributed by atoms with van der Waals surface area (Å²) in [6.45, 7) is 5.15. The zero-order chi connectivity index (χ0) is 20.0. The smallest absolute Gasteiger partial charge is 0.293 e. The highest BCUT2D eigenvalue weighted by molar-refractivity contribution is 6.02. The molecule has 2 aliphatic rings. The number of nitrogens with one attached hydrogen (secondary N) is 1. The van der Waals surface area contributed by atoms with Gasteiger partial charge < -0.3 is 13.9 Å². The van der Waals surface area contributed by atoms with Crippen LogP contribution >= 0.6 is 0 Å². The molecule has 3 aromatic rings. The maximum Gasteiger partial charge on any atom is 0.293 e. The lowest BCUT2D eigenvalue weighted by molar-refractivity contribution is -0.125. The first kappa shape index (κ1) is 17.7. The maximum absolute atomic E-state index is 12.5. The Morgan fingerprint density at radius 2 is 2.07 bits per heavy atom. The van der Waals surface area contributed by atoms with Gasteiger partial charge in [-0.3, -0.25) is 14.9 Å². The SMILES string of the molecule is C=CC(=O)N1CCC2(CC(n3c(NC(=O)c4ccco4)nc4ccccc43)C2)C1. The molecule has 0 unspecified atom stereocenters. The molecule has 148 valence electrons. The maximum atomic E-state index is 12.5. The lowest BCUT2D eigenvalue weighted by atomic mass is 9.65. The van der Waals surface area contributed by atoms with Gasteiger partial charge in [0.25, 0.3) is 5.91 Å². The fraction of sp³-hybridized carbons (Fsp3) is 0.318. The molecule has 1 N–H and O–H groups in total. The number of carbonyl (C=O) groups excluding carboxylic acids is 2. The molecule has 0 atom stereocenters. The first-order valence-electron chi connectivity index (χ1n) is 9.82. The number of amides is 2. The molecule has 2 aromatic heterocycles. The van der Waals surface area contributed by atoms with Crippen LogP contribution in [-0.4, -0.2) is 39.4 Å². The summed E-state index contributed by atoms with van der Waals surface area (Å²) >= 11 is 0. The Bertz CT molecular complexity index is 1090. The van der Waals surface area contributed by atoms with Gasteiger partial charge in [0.2, 0.25) is 11.9 Å². The highest BCUT2D eigenvalue weighted by atomic mass is 16.3. The molecule has 7 heteroatoms. The van der Waals surface area contributed by atoms with E-state index in [0.29, 0.717) is 5.95 Å². The molecule has 1 saturated carbocycles. The Balaban J connectivity index is 1.41. The zero-order valence-electron chi connectivity index (χ0n) is 16.0. The van der Waals surface area contributed by atoms with Crippen molar-refractivity contribution in [1.29, 1.82) is 0 Å². The number of anilines is 1. The molecule has 5 rings (SSSR count). The van der Waals surface area contributed by atoms with Crippen molar-refractivity contribution in [2.24, 2.45) is 5.41 Å². The van der Waals surface area contributed by atoms with Crippen molar-refractivity contribution >= 4 is 28.8 Å². The number of imidazole rings is 1. The molecular weight excluding hydrogens is 368 g/mol. The van der Waals surface area contributed by atoms with Crippen LogP contribution in [-0.2, 0) is 4.79 Å². The summed E-state index contributed by atoms with van der Waals surface area (Å²) in [6.07, 6.45) is 5.78. The number of hydrogen-bond acceptors (Lipinski definition) is 4. The van der Waals surface area contributed by atoms with E-state index in [-0.39, 0.29) is 29.0 Å². The van der Waals surface area contributed by atoms with Crippen molar-refractivity contribution in [3.63, 3.8) is 0 Å². The third-order valence-electron chi connectivity index (χ3n) is 6.19. The Morgan fingerprint density at radius 1 is 1.24 bits per heavy atom. The van der Waals surface area contributed by atoms with Gasteiger partial charge in [-0.25, -0.2) is 4.98 Å². The normalized spacial score (nSPS) is 23.3. The van der Waals surface area contributed by atoms with Crippen molar-refractivity contribution in [1.82, 2.24) is 14.5 Å². The fourth-order valence-electron chi connectivity index (χ4n) is 4.78. The van der Waals surface area contributed by atoms with Gasteiger partial charge in [-0.1, -0.05) is 18.7 Å². The van der Waals surface area contributed by atoms with Gasteiger partial charge in [0.05, 0.1) is 17.3 Å². The molecular formula is C22H22N4O3. The van der Waals surface area contributed by atoms with Gasteiger partial charge >= 0.3 is 0 Å². The highest BCUT2D eigenvalue weighted by Gasteiger charge is 2.50. The Hall–Kier alpha value is -3.35. The number of benzene rings is 1. The second-order valence-corrected chi connectivity index (χ2v) is 8.00. The summed E-state index contributed by atoms with van der Waals surface area (Å²) < 4.78 is 7.33. The van der Waals surface area contributed by atoms with Crippen molar-refractivity contribution in [3.8, 4) is 0 Å². The van der Waals surface area contributed by atoms with Crippen LogP contribution in [0, 0.1) is 5.41 Å². The van der Waals surface area contributed by atoms with E-state index < -0.39 is 0 Å². The Morgan fingerprint density at radius 3 is 2.83 bits per heavy atom. The van der Waals surface area contributed by atoms with E-state index in [1.54, 1.807) is 12.1 Å². The highest BCUT2D eigenvalue weighted by Crippen LogP contribution is 2.55. The molecule has 1 aliphatic carbocycles. The second kappa shape index (κ2) is 6.62. The Kier molecular flexibility index (Phi) is 4.04. The fourth-order valence-corrected chi connectivity index (χ4v) is 4.78. The third kappa shape index (κ3) is 2.93. The molecule has 0 bridgehead atoms. The van der Waals surface area contributed by atoms with Gasteiger partial charge in [0.1, 0.15) is 0 Å². The van der Waals surface area contributed by atoms with Crippen molar-refractivity contribution < 1.29 is 14.0 Å². The molecule has 1 saturated heterocycles. The number of likely N-dealkylation sites (tertiary alicyclic amines) is 1. The van der Waals surface area contributed by atoms with E-state index in [0.717, 1.165) is 43.4 Å². The number of hydrogen-bond donors (Lipinski definition) is 1. The average molecular weight is 390 g/mol. The van der Waals surface area contributed by atoms with Crippen LogP contribution < -0.4 is 5.32 Å². The predicted octanol–water partition coefficient (Wildman–Crippen LogP) is 3.62. The summed E-state index contributed by atoms with van der Waals surface area (Å²) in [5, 5.41) is 2.91. The van der Waals surface area contributed by atoms with Gasteiger partial charge in [0.15, 0.2) is 5.76 Å². The van der Waals surface area contributed by atoms with Gasteiger partial charge in [0, 0.05) is 19.1 Å². The van der Waals surface area contributed by atoms with Crippen LogP contribution in [0.15, 0.2) is 59.7 Å². The number of fused-ring (bicyclic) bond motifs is 1. The molecule has 7 nitrogen and oxygen atoms in total. The number of nitrogens with zero attached hydrogens (tertiary/aromatic N) is 3. The molecule has 1 aliphatic heterocycles. The van der Waals surface area contributed by atoms with Crippen molar-refractivity contribution in [2.45, 2.75) is 25.3 Å². The van der Waals surface area contributed by atoms with E-state index in [2.05, 4.69) is 21.4 Å². The first-order valence-corrected chi connectivity index (χ1v) is 9.82. The lowest BCUT2D eigenvalue weighted by Gasteiger charge is -2.46. The van der Waals surface area contributed by atoms with Gasteiger partial charge in [-0.05, 0) is 55.0 Å².